The first kappa shape index (κ1) is 7.68. The first-order valence-electron chi connectivity index (χ1n) is 3.91. The summed E-state index contributed by atoms with van der Waals surface area (Å²) in [7, 11) is 0. The van der Waals surface area contributed by atoms with E-state index in [0.29, 0.717) is 11.1 Å². The third kappa shape index (κ3) is 1.20. The second-order valence-corrected chi connectivity index (χ2v) is 3.38. The first-order chi connectivity index (χ1) is 5.77. The molecule has 2 N–H and O–H groups in total. The van der Waals surface area contributed by atoms with E-state index in [1.54, 1.807) is 12.4 Å². The van der Waals surface area contributed by atoms with Crippen molar-refractivity contribution >= 4 is 23.0 Å². The molecule has 0 saturated carbocycles. The smallest absolute Gasteiger partial charge is 0.0842 e. The van der Waals surface area contributed by atoms with E-state index in [9.17, 15) is 0 Å². The lowest BCUT2D eigenvalue weighted by Crippen LogP contribution is -2.30. The lowest BCUT2D eigenvalue weighted by atomic mass is 10.2. The minimum Gasteiger partial charge on any atom is -0.380 e. The Morgan fingerprint density at radius 1 is 1.58 bits per heavy atom. The fraction of sp³-hybridized carbons (Fsp3) is 0.375. The van der Waals surface area contributed by atoms with Gasteiger partial charge in [0.2, 0.25) is 0 Å². The van der Waals surface area contributed by atoms with E-state index >= 15 is 0 Å². The van der Waals surface area contributed by atoms with Crippen LogP contribution < -0.4 is 10.6 Å². The second kappa shape index (κ2) is 2.83. The molecule has 3 nitrogen and oxygen atoms in total. The van der Waals surface area contributed by atoms with E-state index in [1.807, 2.05) is 0 Å². The second-order valence-electron chi connectivity index (χ2n) is 2.97. The predicted molar refractivity (Wildman–Crippen MR) is 50.8 cm³/mol. The van der Waals surface area contributed by atoms with Gasteiger partial charge in [-0.25, -0.2) is 0 Å². The highest BCUT2D eigenvalue weighted by molar-refractivity contribution is 6.33. The van der Waals surface area contributed by atoms with Gasteiger partial charge in [0.05, 0.1) is 22.6 Å². The van der Waals surface area contributed by atoms with Gasteiger partial charge in [0.25, 0.3) is 0 Å². The van der Waals surface area contributed by atoms with Crippen molar-refractivity contribution in [2.24, 2.45) is 0 Å². The van der Waals surface area contributed by atoms with Crippen LogP contribution in [0.1, 0.15) is 6.92 Å². The van der Waals surface area contributed by atoms with E-state index < -0.39 is 0 Å². The van der Waals surface area contributed by atoms with Crippen molar-refractivity contribution in [2.75, 3.05) is 17.2 Å². The molecule has 64 valence electrons. The molecular weight excluding hydrogens is 174 g/mol. The molecule has 0 bridgehead atoms. The van der Waals surface area contributed by atoms with Crippen molar-refractivity contribution in [2.45, 2.75) is 13.0 Å². The lowest BCUT2D eigenvalue weighted by molar-refractivity contribution is 0.816. The Morgan fingerprint density at radius 2 is 2.42 bits per heavy atom. The maximum absolute atomic E-state index is 5.94. The van der Waals surface area contributed by atoms with Gasteiger partial charge in [-0.2, -0.15) is 0 Å². The SMILES string of the molecule is CC1CNc2cncc(Cl)c2N1. The maximum Gasteiger partial charge on any atom is 0.0842 e. The summed E-state index contributed by atoms with van der Waals surface area (Å²) in [6.45, 7) is 3.02. The van der Waals surface area contributed by atoms with Crippen LogP contribution in [0.3, 0.4) is 0 Å². The van der Waals surface area contributed by atoms with Crippen molar-refractivity contribution < 1.29 is 0 Å². The molecule has 1 aliphatic rings. The Kier molecular flexibility index (Phi) is 1.81. The number of aromatic nitrogens is 1. The van der Waals surface area contributed by atoms with E-state index in [2.05, 4.69) is 22.5 Å². The summed E-state index contributed by atoms with van der Waals surface area (Å²) in [4.78, 5) is 3.99. The average molecular weight is 184 g/mol. The van der Waals surface area contributed by atoms with Crippen molar-refractivity contribution in [1.82, 2.24) is 4.98 Å². The zero-order valence-corrected chi connectivity index (χ0v) is 7.52. The number of rotatable bonds is 0. The molecule has 0 radical (unpaired) electrons. The highest BCUT2D eigenvalue weighted by Crippen LogP contribution is 2.31. The summed E-state index contributed by atoms with van der Waals surface area (Å²) in [5.74, 6) is 0. The van der Waals surface area contributed by atoms with Crippen LogP contribution in [-0.2, 0) is 0 Å². The molecule has 2 rings (SSSR count). The van der Waals surface area contributed by atoms with Crippen LogP contribution in [0, 0.1) is 0 Å². The van der Waals surface area contributed by atoms with Crippen LogP contribution >= 0.6 is 11.6 Å². The van der Waals surface area contributed by atoms with Gasteiger partial charge in [-0.15, -0.1) is 0 Å². The van der Waals surface area contributed by atoms with Crippen LogP contribution in [0.25, 0.3) is 0 Å². The fourth-order valence-electron chi connectivity index (χ4n) is 1.28. The van der Waals surface area contributed by atoms with Crippen molar-refractivity contribution in [3.05, 3.63) is 17.4 Å². The number of hydrogen-bond acceptors (Lipinski definition) is 3. The summed E-state index contributed by atoms with van der Waals surface area (Å²) in [5, 5.41) is 7.21. The number of pyridine rings is 1. The largest absolute Gasteiger partial charge is 0.380 e. The molecule has 1 aromatic rings. The Hall–Kier alpha value is -0.960. The molecule has 1 aliphatic heterocycles. The number of hydrogen-bond donors (Lipinski definition) is 2. The van der Waals surface area contributed by atoms with Gasteiger partial charge in [-0.3, -0.25) is 4.98 Å². The monoisotopic (exact) mass is 183 g/mol. The molecule has 0 fully saturated rings. The summed E-state index contributed by atoms with van der Waals surface area (Å²) in [6, 6.07) is 0.414. The van der Waals surface area contributed by atoms with Crippen LogP contribution in [0.15, 0.2) is 12.4 Å². The normalized spacial score (nSPS) is 20.7. The molecule has 0 aromatic carbocycles. The van der Waals surface area contributed by atoms with Crippen LogP contribution in [0.4, 0.5) is 11.4 Å². The number of anilines is 2. The average Bonchev–Trinajstić information content (AvgIpc) is 2.07. The van der Waals surface area contributed by atoms with Crippen LogP contribution in [0.2, 0.25) is 5.02 Å². The summed E-state index contributed by atoms with van der Waals surface area (Å²) >= 11 is 5.94. The topological polar surface area (TPSA) is 37.0 Å². The maximum atomic E-state index is 5.94. The molecular formula is C8H10ClN3. The molecule has 0 aliphatic carbocycles. The van der Waals surface area contributed by atoms with Gasteiger partial charge in [-0.05, 0) is 6.92 Å². The van der Waals surface area contributed by atoms with Gasteiger partial charge >= 0.3 is 0 Å². The highest BCUT2D eigenvalue weighted by atomic mass is 35.5. The molecule has 1 atom stereocenters. The third-order valence-corrected chi connectivity index (χ3v) is 2.18. The zero-order valence-electron chi connectivity index (χ0n) is 6.76. The van der Waals surface area contributed by atoms with Crippen molar-refractivity contribution in [3.8, 4) is 0 Å². The number of halogens is 1. The fourth-order valence-corrected chi connectivity index (χ4v) is 1.49. The van der Waals surface area contributed by atoms with Crippen LogP contribution in [-0.4, -0.2) is 17.6 Å². The van der Waals surface area contributed by atoms with E-state index in [1.165, 1.54) is 0 Å². The van der Waals surface area contributed by atoms with Gasteiger partial charge in [-0.1, -0.05) is 11.6 Å². The Morgan fingerprint density at radius 3 is 3.25 bits per heavy atom. The molecule has 1 unspecified atom stereocenters. The number of nitrogens with zero attached hydrogens (tertiary/aromatic N) is 1. The lowest BCUT2D eigenvalue weighted by Gasteiger charge is -2.25. The van der Waals surface area contributed by atoms with Gasteiger partial charge in [0.1, 0.15) is 0 Å². The highest BCUT2D eigenvalue weighted by Gasteiger charge is 2.15. The summed E-state index contributed by atoms with van der Waals surface area (Å²) < 4.78 is 0. The molecule has 0 spiro atoms. The quantitative estimate of drug-likeness (QED) is 0.646. The molecule has 1 aromatic heterocycles. The van der Waals surface area contributed by atoms with Crippen LogP contribution in [0.5, 0.6) is 0 Å². The Balaban J connectivity index is 2.43. The van der Waals surface area contributed by atoms with Gasteiger partial charge in [0, 0.05) is 18.8 Å². The number of nitrogens with one attached hydrogen (secondary N) is 2. The minimum absolute atomic E-state index is 0.414. The third-order valence-electron chi connectivity index (χ3n) is 1.89. The zero-order chi connectivity index (χ0) is 8.55. The molecule has 12 heavy (non-hydrogen) atoms. The van der Waals surface area contributed by atoms with E-state index in [0.717, 1.165) is 17.9 Å². The summed E-state index contributed by atoms with van der Waals surface area (Å²) in [5.41, 5.74) is 1.95. The van der Waals surface area contributed by atoms with Crippen molar-refractivity contribution in [1.29, 1.82) is 0 Å². The Bertz CT molecular complexity index is 300. The van der Waals surface area contributed by atoms with Crippen molar-refractivity contribution in [3.63, 3.8) is 0 Å². The predicted octanol–water partition coefficient (Wildman–Crippen LogP) is 1.96. The minimum atomic E-state index is 0.414. The molecule has 0 amide bonds. The molecule has 0 saturated heterocycles. The first-order valence-corrected chi connectivity index (χ1v) is 4.29. The van der Waals surface area contributed by atoms with E-state index in [4.69, 9.17) is 11.6 Å². The molecule has 2 heterocycles. The Labute approximate surface area is 76.1 Å². The standard InChI is InChI=1S/C8H10ClN3/c1-5-2-11-7-4-10-3-6(9)8(7)12-5/h3-5,11-12H,2H2,1H3. The van der Waals surface area contributed by atoms with E-state index in [-0.39, 0.29) is 0 Å². The molecule has 4 heteroatoms. The van der Waals surface area contributed by atoms with Gasteiger partial charge < -0.3 is 10.6 Å². The number of fused-ring (bicyclic) bond motifs is 1. The summed E-state index contributed by atoms with van der Waals surface area (Å²) in [6.07, 6.45) is 3.42. The van der Waals surface area contributed by atoms with Gasteiger partial charge in [0.15, 0.2) is 0 Å².